The fourth-order valence-corrected chi connectivity index (χ4v) is 3.87. The van der Waals surface area contributed by atoms with E-state index in [0.717, 1.165) is 6.42 Å². The van der Waals surface area contributed by atoms with Crippen LogP contribution in [0.2, 0.25) is 0 Å². The van der Waals surface area contributed by atoms with Crippen LogP contribution in [0.25, 0.3) is 0 Å². The highest BCUT2D eigenvalue weighted by Gasteiger charge is 2.41. The lowest BCUT2D eigenvalue weighted by molar-refractivity contribution is 0.110. The molecule has 2 N–H and O–H groups in total. The van der Waals surface area contributed by atoms with E-state index in [1.807, 2.05) is 0 Å². The number of hydrogen-bond acceptors (Lipinski definition) is 5. The quantitative estimate of drug-likeness (QED) is 0.821. The van der Waals surface area contributed by atoms with Crippen LogP contribution in [0.4, 0.5) is 0 Å². The average molecular weight is 260 g/mol. The minimum atomic E-state index is -3.68. The van der Waals surface area contributed by atoms with Crippen LogP contribution in [0.5, 0.6) is 0 Å². The second-order valence-corrected chi connectivity index (χ2v) is 6.17. The number of nitrogens with zero attached hydrogens (tertiary/aromatic N) is 1. The van der Waals surface area contributed by atoms with Crippen LogP contribution < -0.4 is 4.72 Å². The van der Waals surface area contributed by atoms with Crippen molar-refractivity contribution in [2.75, 3.05) is 6.61 Å². The van der Waals surface area contributed by atoms with Crippen molar-refractivity contribution in [2.24, 2.45) is 0 Å². The fraction of sp³-hybridized carbons (Fsp3) is 0.700. The molecule has 0 aliphatic heterocycles. The second-order valence-electron chi connectivity index (χ2n) is 4.55. The monoisotopic (exact) mass is 260 g/mol. The standard InChI is InChI=1S/C10H16N2O4S/c1-7-9(8(2)16-11-7)17(14,15)12-10(6-13)4-3-5-10/h12-13H,3-6H2,1-2H3. The molecule has 0 aromatic carbocycles. The number of aromatic nitrogens is 1. The van der Waals surface area contributed by atoms with Gasteiger partial charge in [-0.05, 0) is 33.1 Å². The van der Waals surface area contributed by atoms with Gasteiger partial charge in [-0.1, -0.05) is 5.16 Å². The molecule has 1 aromatic heterocycles. The minimum absolute atomic E-state index is 0.0808. The van der Waals surface area contributed by atoms with Crippen molar-refractivity contribution in [3.05, 3.63) is 11.5 Å². The number of aryl methyl sites for hydroxylation is 2. The molecule has 0 unspecified atom stereocenters. The minimum Gasteiger partial charge on any atom is -0.394 e. The van der Waals surface area contributed by atoms with Crippen LogP contribution in [-0.4, -0.2) is 30.8 Å². The zero-order chi connectivity index (χ0) is 12.7. The molecule has 1 aliphatic carbocycles. The maximum Gasteiger partial charge on any atom is 0.246 e. The van der Waals surface area contributed by atoms with Gasteiger partial charge >= 0.3 is 0 Å². The molecule has 0 radical (unpaired) electrons. The third-order valence-corrected chi connectivity index (χ3v) is 5.02. The Morgan fingerprint density at radius 2 is 2.12 bits per heavy atom. The van der Waals surface area contributed by atoms with Crippen molar-refractivity contribution in [1.29, 1.82) is 0 Å². The first-order valence-corrected chi connectivity index (χ1v) is 6.96. The summed E-state index contributed by atoms with van der Waals surface area (Å²) in [6.07, 6.45) is 2.24. The third-order valence-electron chi connectivity index (χ3n) is 3.20. The Labute approximate surface area is 100 Å². The van der Waals surface area contributed by atoms with Crippen LogP contribution in [0.15, 0.2) is 9.42 Å². The number of nitrogens with one attached hydrogen (secondary N) is 1. The maximum atomic E-state index is 12.2. The number of aliphatic hydroxyl groups excluding tert-OH is 1. The topological polar surface area (TPSA) is 92.4 Å². The van der Waals surface area contributed by atoms with Gasteiger partial charge in [-0.3, -0.25) is 0 Å². The molecule has 0 amide bonds. The van der Waals surface area contributed by atoms with Gasteiger partial charge in [-0.15, -0.1) is 0 Å². The maximum absolute atomic E-state index is 12.2. The van der Waals surface area contributed by atoms with Crippen molar-refractivity contribution in [3.63, 3.8) is 0 Å². The predicted molar refractivity (Wildman–Crippen MR) is 60.0 cm³/mol. The Morgan fingerprint density at radius 3 is 2.47 bits per heavy atom. The molecule has 0 atom stereocenters. The largest absolute Gasteiger partial charge is 0.394 e. The summed E-state index contributed by atoms with van der Waals surface area (Å²) < 4.78 is 31.8. The summed E-state index contributed by atoms with van der Waals surface area (Å²) in [7, 11) is -3.68. The zero-order valence-corrected chi connectivity index (χ0v) is 10.7. The van der Waals surface area contributed by atoms with E-state index in [1.165, 1.54) is 0 Å². The van der Waals surface area contributed by atoms with Gasteiger partial charge in [0.2, 0.25) is 10.0 Å². The molecule has 2 rings (SSSR count). The Morgan fingerprint density at radius 1 is 1.47 bits per heavy atom. The highest BCUT2D eigenvalue weighted by atomic mass is 32.2. The van der Waals surface area contributed by atoms with Crippen molar-refractivity contribution in [3.8, 4) is 0 Å². The normalized spacial score (nSPS) is 19.0. The third kappa shape index (κ3) is 2.10. The first kappa shape index (κ1) is 12.5. The summed E-state index contributed by atoms with van der Waals surface area (Å²) in [5, 5.41) is 12.9. The van der Waals surface area contributed by atoms with Gasteiger partial charge in [0.25, 0.3) is 0 Å². The van der Waals surface area contributed by atoms with E-state index in [9.17, 15) is 13.5 Å². The molecular formula is C10H16N2O4S. The van der Waals surface area contributed by atoms with E-state index in [0.29, 0.717) is 18.5 Å². The van der Waals surface area contributed by atoms with Gasteiger partial charge < -0.3 is 9.63 Å². The van der Waals surface area contributed by atoms with Crippen LogP contribution >= 0.6 is 0 Å². The van der Waals surface area contributed by atoms with E-state index in [-0.39, 0.29) is 17.3 Å². The van der Waals surface area contributed by atoms with Crippen LogP contribution in [-0.2, 0) is 10.0 Å². The van der Waals surface area contributed by atoms with Gasteiger partial charge in [0.1, 0.15) is 10.6 Å². The van der Waals surface area contributed by atoms with Crippen LogP contribution in [0, 0.1) is 13.8 Å². The fourth-order valence-electron chi connectivity index (χ4n) is 2.09. The number of aliphatic hydroxyl groups is 1. The molecular weight excluding hydrogens is 244 g/mol. The lowest BCUT2D eigenvalue weighted by atomic mass is 9.78. The Hall–Kier alpha value is -0.920. The summed E-state index contributed by atoms with van der Waals surface area (Å²) >= 11 is 0. The van der Waals surface area contributed by atoms with Crippen LogP contribution in [0.1, 0.15) is 30.7 Å². The molecule has 6 nitrogen and oxygen atoms in total. The molecule has 0 saturated heterocycles. The van der Waals surface area contributed by atoms with E-state index >= 15 is 0 Å². The van der Waals surface area contributed by atoms with E-state index in [4.69, 9.17) is 4.52 Å². The molecule has 17 heavy (non-hydrogen) atoms. The van der Waals surface area contributed by atoms with Gasteiger partial charge in [-0.2, -0.15) is 0 Å². The second kappa shape index (κ2) is 4.08. The first-order valence-electron chi connectivity index (χ1n) is 5.48. The van der Waals surface area contributed by atoms with Crippen molar-refractivity contribution in [1.82, 2.24) is 9.88 Å². The van der Waals surface area contributed by atoms with Crippen molar-refractivity contribution in [2.45, 2.75) is 43.5 Å². The molecule has 1 saturated carbocycles. The van der Waals surface area contributed by atoms with Crippen molar-refractivity contribution >= 4 is 10.0 Å². The summed E-state index contributed by atoms with van der Waals surface area (Å²) in [5.74, 6) is 0.266. The zero-order valence-electron chi connectivity index (χ0n) is 9.86. The van der Waals surface area contributed by atoms with Gasteiger partial charge in [-0.25, -0.2) is 13.1 Å². The molecule has 0 spiro atoms. The molecule has 1 fully saturated rings. The predicted octanol–water partition coefficient (Wildman–Crippen LogP) is 0.485. The van der Waals surface area contributed by atoms with Gasteiger partial charge in [0, 0.05) is 0 Å². The molecule has 0 bridgehead atoms. The summed E-state index contributed by atoms with van der Waals surface area (Å²) in [5.41, 5.74) is -0.364. The Bertz CT molecular complexity index is 491. The number of sulfonamides is 1. The number of rotatable bonds is 4. The van der Waals surface area contributed by atoms with Crippen molar-refractivity contribution < 1.29 is 18.0 Å². The SMILES string of the molecule is Cc1noc(C)c1S(=O)(=O)NC1(CO)CCC1. The highest BCUT2D eigenvalue weighted by Crippen LogP contribution is 2.33. The van der Waals surface area contributed by atoms with E-state index in [1.54, 1.807) is 13.8 Å². The lowest BCUT2D eigenvalue weighted by Crippen LogP contribution is -2.56. The van der Waals surface area contributed by atoms with Gasteiger partial charge in [0.15, 0.2) is 5.76 Å². The summed E-state index contributed by atoms with van der Waals surface area (Å²) in [6, 6.07) is 0. The average Bonchev–Trinajstić information content (AvgIpc) is 2.53. The Kier molecular flexibility index (Phi) is 3.01. The number of hydrogen-bond donors (Lipinski definition) is 2. The molecule has 1 aliphatic rings. The van der Waals surface area contributed by atoms with Crippen LogP contribution in [0.3, 0.4) is 0 Å². The molecule has 1 heterocycles. The molecule has 1 aromatic rings. The highest BCUT2D eigenvalue weighted by molar-refractivity contribution is 7.89. The van der Waals surface area contributed by atoms with E-state index in [2.05, 4.69) is 9.88 Å². The summed E-state index contributed by atoms with van der Waals surface area (Å²) in [4.78, 5) is 0.0808. The van der Waals surface area contributed by atoms with Gasteiger partial charge in [0.05, 0.1) is 12.1 Å². The smallest absolute Gasteiger partial charge is 0.246 e. The Balaban J connectivity index is 2.31. The first-order chi connectivity index (χ1) is 7.90. The summed E-state index contributed by atoms with van der Waals surface area (Å²) in [6.45, 7) is 2.95. The molecule has 96 valence electrons. The lowest BCUT2D eigenvalue weighted by Gasteiger charge is -2.40. The van der Waals surface area contributed by atoms with E-state index < -0.39 is 15.6 Å². The molecule has 7 heteroatoms.